The highest BCUT2D eigenvalue weighted by atomic mass is 19.1. The van der Waals surface area contributed by atoms with Crippen LogP contribution in [0.2, 0.25) is 0 Å². The molecule has 0 atom stereocenters. The minimum absolute atomic E-state index is 0.321. The van der Waals surface area contributed by atoms with Crippen LogP contribution in [0.3, 0.4) is 0 Å². The zero-order valence-corrected chi connectivity index (χ0v) is 10.6. The molecule has 0 spiro atoms. The molecule has 0 unspecified atom stereocenters. The number of methoxy groups -OCH3 is 2. The first-order chi connectivity index (χ1) is 8.72. The summed E-state index contributed by atoms with van der Waals surface area (Å²) in [6, 6.07) is 6.20. The van der Waals surface area contributed by atoms with Crippen molar-refractivity contribution in [1.29, 1.82) is 5.26 Å². The van der Waals surface area contributed by atoms with Crippen LogP contribution in [0.5, 0.6) is 0 Å². The molecule has 1 aromatic rings. The van der Waals surface area contributed by atoms with Crippen LogP contribution in [0, 0.1) is 17.1 Å². The summed E-state index contributed by atoms with van der Waals surface area (Å²) in [5.74, 6) is -0.409. The van der Waals surface area contributed by atoms with E-state index in [1.54, 1.807) is 20.3 Å². The third kappa shape index (κ3) is 3.99. The van der Waals surface area contributed by atoms with E-state index in [2.05, 4.69) is 0 Å². The maximum absolute atomic E-state index is 13.1. The average Bonchev–Trinajstić information content (AvgIpc) is 2.39. The van der Waals surface area contributed by atoms with Gasteiger partial charge in [-0.3, -0.25) is 0 Å². The zero-order chi connectivity index (χ0) is 13.4. The molecular formula is C13H17FN2O2. The van der Waals surface area contributed by atoms with E-state index in [1.165, 1.54) is 12.1 Å². The van der Waals surface area contributed by atoms with Crippen LogP contribution in [-0.2, 0) is 9.47 Å². The maximum Gasteiger partial charge on any atom is 0.124 e. The molecule has 0 aliphatic carbocycles. The van der Waals surface area contributed by atoms with Crippen LogP contribution in [0.25, 0.3) is 0 Å². The Morgan fingerprint density at radius 2 is 1.83 bits per heavy atom. The third-order valence-corrected chi connectivity index (χ3v) is 2.55. The first-order valence-corrected chi connectivity index (χ1v) is 5.65. The van der Waals surface area contributed by atoms with Gasteiger partial charge in [-0.05, 0) is 18.2 Å². The molecule has 0 saturated heterocycles. The number of nitriles is 1. The number of hydrogen-bond donors (Lipinski definition) is 0. The van der Waals surface area contributed by atoms with E-state index in [1.807, 2.05) is 11.0 Å². The van der Waals surface area contributed by atoms with E-state index < -0.39 is 5.82 Å². The van der Waals surface area contributed by atoms with Crippen molar-refractivity contribution >= 4 is 5.69 Å². The molecule has 5 heteroatoms. The summed E-state index contributed by atoms with van der Waals surface area (Å²) >= 11 is 0. The number of rotatable bonds is 7. The van der Waals surface area contributed by atoms with Crippen molar-refractivity contribution < 1.29 is 13.9 Å². The van der Waals surface area contributed by atoms with E-state index in [4.69, 9.17) is 14.7 Å². The van der Waals surface area contributed by atoms with Crippen molar-refractivity contribution in [2.75, 3.05) is 45.4 Å². The Balaban J connectivity index is 2.92. The molecule has 0 radical (unpaired) electrons. The Morgan fingerprint density at radius 1 is 1.22 bits per heavy atom. The van der Waals surface area contributed by atoms with Gasteiger partial charge in [0.2, 0.25) is 0 Å². The lowest BCUT2D eigenvalue weighted by Gasteiger charge is -2.25. The van der Waals surface area contributed by atoms with Crippen LogP contribution in [-0.4, -0.2) is 40.5 Å². The second-order valence-corrected chi connectivity index (χ2v) is 3.75. The first kappa shape index (κ1) is 14.4. The molecule has 0 amide bonds. The zero-order valence-electron chi connectivity index (χ0n) is 10.6. The minimum atomic E-state index is -0.409. The van der Waals surface area contributed by atoms with Crippen LogP contribution >= 0.6 is 0 Å². The summed E-state index contributed by atoms with van der Waals surface area (Å²) in [6.07, 6.45) is 0. The van der Waals surface area contributed by atoms with E-state index in [9.17, 15) is 4.39 Å². The lowest BCUT2D eigenvalue weighted by molar-refractivity contribution is 0.190. The van der Waals surface area contributed by atoms with Crippen molar-refractivity contribution in [3.63, 3.8) is 0 Å². The summed E-state index contributed by atoms with van der Waals surface area (Å²) in [4.78, 5) is 1.95. The van der Waals surface area contributed by atoms with E-state index >= 15 is 0 Å². The van der Waals surface area contributed by atoms with Gasteiger partial charge < -0.3 is 14.4 Å². The smallest absolute Gasteiger partial charge is 0.124 e. The minimum Gasteiger partial charge on any atom is -0.383 e. The normalized spacial score (nSPS) is 10.1. The molecule has 98 valence electrons. The van der Waals surface area contributed by atoms with Gasteiger partial charge >= 0.3 is 0 Å². The fourth-order valence-corrected chi connectivity index (χ4v) is 1.63. The third-order valence-electron chi connectivity index (χ3n) is 2.55. The number of anilines is 1. The summed E-state index contributed by atoms with van der Waals surface area (Å²) in [5.41, 5.74) is 1.02. The number of hydrogen-bond acceptors (Lipinski definition) is 4. The number of halogens is 1. The van der Waals surface area contributed by atoms with Crippen molar-refractivity contribution in [3.05, 3.63) is 29.6 Å². The molecular weight excluding hydrogens is 235 g/mol. The van der Waals surface area contributed by atoms with Crippen LogP contribution in [0.4, 0.5) is 10.1 Å². The fourth-order valence-electron chi connectivity index (χ4n) is 1.63. The Morgan fingerprint density at radius 3 is 2.33 bits per heavy atom. The van der Waals surface area contributed by atoms with Crippen molar-refractivity contribution in [2.45, 2.75) is 0 Å². The predicted molar refractivity (Wildman–Crippen MR) is 67.1 cm³/mol. The number of ether oxygens (including phenoxy) is 2. The highest BCUT2D eigenvalue weighted by Gasteiger charge is 2.11. The lowest BCUT2D eigenvalue weighted by Crippen LogP contribution is -2.31. The second kappa shape index (κ2) is 7.64. The van der Waals surface area contributed by atoms with Gasteiger partial charge in [0.15, 0.2) is 0 Å². The molecule has 18 heavy (non-hydrogen) atoms. The molecule has 0 aliphatic heterocycles. The van der Waals surface area contributed by atoms with Gasteiger partial charge in [0.25, 0.3) is 0 Å². The van der Waals surface area contributed by atoms with Gasteiger partial charge in [0.1, 0.15) is 11.9 Å². The van der Waals surface area contributed by atoms with Crippen LogP contribution in [0.1, 0.15) is 5.56 Å². The van der Waals surface area contributed by atoms with Crippen molar-refractivity contribution in [3.8, 4) is 6.07 Å². The molecule has 0 heterocycles. The van der Waals surface area contributed by atoms with E-state index in [0.29, 0.717) is 37.6 Å². The van der Waals surface area contributed by atoms with E-state index in [-0.39, 0.29) is 0 Å². The lowest BCUT2D eigenvalue weighted by atomic mass is 10.1. The standard InChI is InChI=1S/C13H17FN2O2/c1-17-7-5-16(6-8-18-2)13-4-3-12(14)9-11(13)10-15/h3-4,9H,5-8H2,1-2H3. The molecule has 0 N–H and O–H groups in total. The van der Waals surface area contributed by atoms with Gasteiger partial charge in [0.05, 0.1) is 24.5 Å². The Hall–Kier alpha value is -1.64. The molecule has 0 aliphatic rings. The molecule has 0 fully saturated rings. The Bertz CT molecular complexity index is 410. The highest BCUT2D eigenvalue weighted by molar-refractivity contribution is 5.59. The number of nitrogens with zero attached hydrogens (tertiary/aromatic N) is 2. The average molecular weight is 252 g/mol. The quantitative estimate of drug-likeness (QED) is 0.742. The Kier molecular flexibility index (Phi) is 6.12. The maximum atomic E-state index is 13.1. The molecule has 4 nitrogen and oxygen atoms in total. The van der Waals surface area contributed by atoms with Gasteiger partial charge in [-0.25, -0.2) is 4.39 Å². The van der Waals surface area contributed by atoms with Crippen molar-refractivity contribution in [2.24, 2.45) is 0 Å². The van der Waals surface area contributed by atoms with Gasteiger partial charge in [-0.1, -0.05) is 0 Å². The second-order valence-electron chi connectivity index (χ2n) is 3.75. The van der Waals surface area contributed by atoms with Crippen molar-refractivity contribution in [1.82, 2.24) is 0 Å². The monoisotopic (exact) mass is 252 g/mol. The summed E-state index contributed by atoms with van der Waals surface area (Å²) in [7, 11) is 3.23. The molecule has 0 bridgehead atoms. The van der Waals surface area contributed by atoms with Gasteiger partial charge in [0, 0.05) is 27.3 Å². The summed E-state index contributed by atoms with van der Waals surface area (Å²) in [6.45, 7) is 2.32. The molecule has 0 aromatic heterocycles. The first-order valence-electron chi connectivity index (χ1n) is 5.65. The summed E-state index contributed by atoms with van der Waals surface area (Å²) in [5, 5.41) is 9.04. The Labute approximate surface area is 107 Å². The SMILES string of the molecule is COCCN(CCOC)c1ccc(F)cc1C#N. The number of benzene rings is 1. The van der Waals surface area contributed by atoms with Gasteiger partial charge in [-0.2, -0.15) is 5.26 Å². The predicted octanol–water partition coefficient (Wildman–Crippen LogP) is 1.80. The summed E-state index contributed by atoms with van der Waals surface area (Å²) < 4.78 is 23.1. The molecule has 1 rings (SSSR count). The van der Waals surface area contributed by atoms with Gasteiger partial charge in [-0.15, -0.1) is 0 Å². The molecule has 1 aromatic carbocycles. The van der Waals surface area contributed by atoms with Crippen LogP contribution < -0.4 is 4.90 Å². The fraction of sp³-hybridized carbons (Fsp3) is 0.462. The topological polar surface area (TPSA) is 45.5 Å². The largest absolute Gasteiger partial charge is 0.383 e. The van der Waals surface area contributed by atoms with Crippen LogP contribution in [0.15, 0.2) is 18.2 Å². The molecule has 0 saturated carbocycles. The highest BCUT2D eigenvalue weighted by Crippen LogP contribution is 2.20. The van der Waals surface area contributed by atoms with E-state index in [0.717, 1.165) is 0 Å².